The van der Waals surface area contributed by atoms with E-state index in [1.165, 1.54) is 0 Å². The number of esters is 1. The van der Waals surface area contributed by atoms with Crippen molar-refractivity contribution in [2.75, 3.05) is 6.61 Å². The van der Waals surface area contributed by atoms with Crippen LogP contribution in [-0.4, -0.2) is 34.4 Å². The second kappa shape index (κ2) is 6.18. The summed E-state index contributed by atoms with van der Waals surface area (Å²) < 4.78 is 4.89. The van der Waals surface area contributed by atoms with Crippen LogP contribution in [0.25, 0.3) is 0 Å². The van der Waals surface area contributed by atoms with Crippen LogP contribution in [0.4, 0.5) is 0 Å². The molecular weight excluding hydrogens is 236 g/mol. The van der Waals surface area contributed by atoms with E-state index in [1.54, 1.807) is 34.6 Å². The van der Waals surface area contributed by atoms with Gasteiger partial charge in [-0.1, -0.05) is 13.8 Å². The normalized spacial score (nSPS) is 15.3. The van der Waals surface area contributed by atoms with E-state index in [4.69, 9.17) is 4.74 Å². The lowest BCUT2D eigenvalue weighted by Crippen LogP contribution is -2.46. The summed E-state index contributed by atoms with van der Waals surface area (Å²) in [4.78, 5) is 23.5. The number of hydrogen-bond donors (Lipinski definition) is 2. The van der Waals surface area contributed by atoms with Crippen LogP contribution in [0.3, 0.4) is 0 Å². The van der Waals surface area contributed by atoms with Crippen LogP contribution in [0.2, 0.25) is 0 Å². The first-order chi connectivity index (χ1) is 8.08. The van der Waals surface area contributed by atoms with Gasteiger partial charge >= 0.3 is 11.9 Å². The SMILES string of the molecule is CCOC(=O)C(CCC(C)(C)O)(C(=O)O)C(C)C. The van der Waals surface area contributed by atoms with E-state index in [-0.39, 0.29) is 19.4 Å². The molecule has 0 spiro atoms. The molecule has 0 aromatic heterocycles. The zero-order valence-corrected chi connectivity index (χ0v) is 11.8. The Morgan fingerprint density at radius 3 is 2.00 bits per heavy atom. The summed E-state index contributed by atoms with van der Waals surface area (Å²) >= 11 is 0. The molecule has 0 aliphatic rings. The van der Waals surface area contributed by atoms with Gasteiger partial charge in [-0.05, 0) is 39.5 Å². The quantitative estimate of drug-likeness (QED) is 0.539. The Bertz CT molecular complexity index is 303. The highest BCUT2D eigenvalue weighted by Crippen LogP contribution is 2.36. The van der Waals surface area contributed by atoms with Crippen molar-refractivity contribution in [1.29, 1.82) is 0 Å². The first-order valence-corrected chi connectivity index (χ1v) is 6.21. The Labute approximate surface area is 108 Å². The second-order valence-electron chi connectivity index (χ2n) is 5.46. The molecular formula is C13H24O5. The summed E-state index contributed by atoms with van der Waals surface area (Å²) in [6, 6.07) is 0. The van der Waals surface area contributed by atoms with Gasteiger partial charge in [0.2, 0.25) is 0 Å². The molecule has 5 nitrogen and oxygen atoms in total. The smallest absolute Gasteiger partial charge is 0.323 e. The first-order valence-electron chi connectivity index (χ1n) is 6.21. The standard InChI is InChI=1S/C13H24O5/c1-6-18-11(16)13(9(2)3,10(14)15)8-7-12(4,5)17/h9,17H,6-8H2,1-5H3,(H,14,15). The third-order valence-electron chi connectivity index (χ3n) is 3.14. The summed E-state index contributed by atoms with van der Waals surface area (Å²) in [6.07, 6.45) is 0.276. The fourth-order valence-corrected chi connectivity index (χ4v) is 1.83. The molecule has 0 aromatic rings. The van der Waals surface area contributed by atoms with Crippen molar-refractivity contribution in [1.82, 2.24) is 0 Å². The molecule has 1 atom stereocenters. The number of aliphatic hydroxyl groups is 1. The van der Waals surface area contributed by atoms with Gasteiger partial charge in [0.15, 0.2) is 5.41 Å². The van der Waals surface area contributed by atoms with Gasteiger partial charge in [0.05, 0.1) is 12.2 Å². The zero-order valence-electron chi connectivity index (χ0n) is 11.8. The summed E-state index contributed by atoms with van der Waals surface area (Å²) in [7, 11) is 0. The van der Waals surface area contributed by atoms with Crippen LogP contribution in [0.15, 0.2) is 0 Å². The number of carbonyl (C=O) groups excluding carboxylic acids is 1. The average molecular weight is 260 g/mol. The molecule has 0 saturated carbocycles. The molecule has 0 aromatic carbocycles. The highest BCUT2D eigenvalue weighted by atomic mass is 16.5. The van der Waals surface area contributed by atoms with Crippen molar-refractivity contribution in [3.63, 3.8) is 0 Å². The number of carboxylic acid groups (broad SMARTS) is 1. The highest BCUT2D eigenvalue weighted by Gasteiger charge is 2.50. The van der Waals surface area contributed by atoms with Gasteiger partial charge in [-0.2, -0.15) is 0 Å². The van der Waals surface area contributed by atoms with Crippen LogP contribution in [0.5, 0.6) is 0 Å². The molecule has 0 aliphatic carbocycles. The molecule has 1 unspecified atom stereocenters. The van der Waals surface area contributed by atoms with E-state index in [2.05, 4.69) is 0 Å². The van der Waals surface area contributed by atoms with Gasteiger partial charge in [-0.25, -0.2) is 0 Å². The molecule has 18 heavy (non-hydrogen) atoms. The molecule has 5 heteroatoms. The minimum absolute atomic E-state index is 0.0579. The number of ether oxygens (including phenoxy) is 1. The molecule has 2 N–H and O–H groups in total. The van der Waals surface area contributed by atoms with Crippen molar-refractivity contribution in [2.24, 2.45) is 11.3 Å². The van der Waals surface area contributed by atoms with E-state index in [9.17, 15) is 19.8 Å². The number of hydrogen-bond acceptors (Lipinski definition) is 4. The minimum Gasteiger partial charge on any atom is -0.480 e. The Balaban J connectivity index is 5.24. The van der Waals surface area contributed by atoms with Crippen LogP contribution >= 0.6 is 0 Å². The number of carbonyl (C=O) groups is 2. The average Bonchev–Trinajstić information content (AvgIpc) is 2.15. The first kappa shape index (κ1) is 16.9. The van der Waals surface area contributed by atoms with Crippen molar-refractivity contribution >= 4 is 11.9 Å². The topological polar surface area (TPSA) is 83.8 Å². The summed E-state index contributed by atoms with van der Waals surface area (Å²) in [6.45, 7) is 8.31. The monoisotopic (exact) mass is 260 g/mol. The van der Waals surface area contributed by atoms with E-state index < -0.39 is 28.9 Å². The molecule has 106 valence electrons. The van der Waals surface area contributed by atoms with Gasteiger partial charge in [0.1, 0.15) is 0 Å². The van der Waals surface area contributed by atoms with E-state index in [0.29, 0.717) is 0 Å². The number of aliphatic carboxylic acids is 1. The highest BCUT2D eigenvalue weighted by molar-refractivity contribution is 5.99. The van der Waals surface area contributed by atoms with Crippen molar-refractivity contribution in [3.8, 4) is 0 Å². The molecule has 0 saturated heterocycles. The Morgan fingerprint density at radius 1 is 1.22 bits per heavy atom. The lowest BCUT2D eigenvalue weighted by Gasteiger charge is -2.32. The van der Waals surface area contributed by atoms with Crippen molar-refractivity contribution in [3.05, 3.63) is 0 Å². The molecule has 0 amide bonds. The molecule has 0 bridgehead atoms. The molecule has 0 rings (SSSR count). The fraction of sp³-hybridized carbons (Fsp3) is 0.846. The maximum absolute atomic E-state index is 12.0. The molecule has 0 heterocycles. The van der Waals surface area contributed by atoms with Gasteiger partial charge in [0.25, 0.3) is 0 Å². The predicted octanol–water partition coefficient (Wildman–Crippen LogP) is 1.83. The summed E-state index contributed by atoms with van der Waals surface area (Å²) in [5.41, 5.74) is -2.60. The lowest BCUT2D eigenvalue weighted by molar-refractivity contribution is -0.174. The van der Waals surface area contributed by atoms with Gasteiger partial charge in [-0.3, -0.25) is 9.59 Å². The van der Waals surface area contributed by atoms with E-state index >= 15 is 0 Å². The fourth-order valence-electron chi connectivity index (χ4n) is 1.83. The van der Waals surface area contributed by atoms with Crippen LogP contribution in [-0.2, 0) is 14.3 Å². The molecule has 0 fully saturated rings. The number of carboxylic acids is 1. The van der Waals surface area contributed by atoms with Crippen LogP contribution in [0, 0.1) is 11.3 Å². The third-order valence-corrected chi connectivity index (χ3v) is 3.14. The summed E-state index contributed by atoms with van der Waals surface area (Å²) in [5, 5.41) is 19.1. The number of rotatable bonds is 7. The minimum atomic E-state index is -1.59. The van der Waals surface area contributed by atoms with Gasteiger partial charge < -0.3 is 14.9 Å². The predicted molar refractivity (Wildman–Crippen MR) is 67.1 cm³/mol. The van der Waals surface area contributed by atoms with Crippen molar-refractivity contribution in [2.45, 2.75) is 53.1 Å². The maximum Gasteiger partial charge on any atom is 0.323 e. The second-order valence-corrected chi connectivity index (χ2v) is 5.46. The molecule has 0 aliphatic heterocycles. The van der Waals surface area contributed by atoms with E-state index in [0.717, 1.165) is 0 Å². The van der Waals surface area contributed by atoms with Crippen molar-refractivity contribution < 1.29 is 24.5 Å². The maximum atomic E-state index is 12.0. The Morgan fingerprint density at radius 2 is 1.72 bits per heavy atom. The summed E-state index contributed by atoms with van der Waals surface area (Å²) in [5.74, 6) is -2.33. The van der Waals surface area contributed by atoms with Crippen LogP contribution < -0.4 is 0 Å². The Kier molecular flexibility index (Phi) is 5.80. The molecule has 0 radical (unpaired) electrons. The van der Waals surface area contributed by atoms with Gasteiger partial charge in [-0.15, -0.1) is 0 Å². The van der Waals surface area contributed by atoms with Gasteiger partial charge in [0, 0.05) is 0 Å². The Hall–Kier alpha value is -1.10. The third kappa shape index (κ3) is 3.98. The van der Waals surface area contributed by atoms with E-state index in [1.807, 2.05) is 0 Å². The van der Waals surface area contributed by atoms with Crippen LogP contribution in [0.1, 0.15) is 47.5 Å². The lowest BCUT2D eigenvalue weighted by atomic mass is 9.72. The largest absolute Gasteiger partial charge is 0.480 e. The zero-order chi connectivity index (χ0) is 14.6.